The first-order valence-corrected chi connectivity index (χ1v) is 7.14. The third-order valence-electron chi connectivity index (χ3n) is 3.42. The highest BCUT2D eigenvalue weighted by Gasteiger charge is 2.12. The molecule has 0 bridgehead atoms. The van der Waals surface area contributed by atoms with Gasteiger partial charge >= 0.3 is 0 Å². The monoisotopic (exact) mass is 310 g/mol. The Kier molecular flexibility index (Phi) is 4.14. The maximum atomic E-state index is 12.8. The molecule has 0 aliphatic rings. The number of nitrogens with one attached hydrogen (secondary N) is 1. The quantitative estimate of drug-likeness (QED) is 0.806. The van der Waals surface area contributed by atoms with Crippen LogP contribution < -0.4 is 5.32 Å². The van der Waals surface area contributed by atoms with E-state index in [0.29, 0.717) is 0 Å². The number of halogens is 1. The molecule has 0 saturated heterocycles. The van der Waals surface area contributed by atoms with Gasteiger partial charge in [0.05, 0.1) is 5.69 Å². The summed E-state index contributed by atoms with van der Waals surface area (Å²) >= 11 is 0. The summed E-state index contributed by atoms with van der Waals surface area (Å²) in [6, 6.07) is 13.7. The number of hydrogen-bond acceptors (Lipinski definition) is 3. The highest BCUT2D eigenvalue weighted by atomic mass is 19.1. The maximum Gasteiger partial charge on any atom is 0.291 e. The third-order valence-corrected chi connectivity index (χ3v) is 3.42. The minimum atomic E-state index is -0.373. The van der Waals surface area contributed by atoms with Gasteiger partial charge in [-0.1, -0.05) is 30.3 Å². The molecule has 0 atom stereocenters. The number of hydrogen-bond donors (Lipinski definition) is 1. The highest BCUT2D eigenvalue weighted by molar-refractivity contribution is 5.90. The Balaban J connectivity index is 1.69. The van der Waals surface area contributed by atoms with Crippen LogP contribution in [0, 0.1) is 12.7 Å². The summed E-state index contributed by atoms with van der Waals surface area (Å²) in [5.41, 5.74) is 2.71. The van der Waals surface area contributed by atoms with E-state index in [-0.39, 0.29) is 24.1 Å². The molecule has 3 aromatic rings. The first kappa shape index (κ1) is 14.9. The molecule has 1 amide bonds. The maximum absolute atomic E-state index is 12.8. The van der Waals surface area contributed by atoms with Crippen molar-refractivity contribution in [1.29, 1.82) is 0 Å². The van der Waals surface area contributed by atoms with Crippen LogP contribution >= 0.6 is 0 Å². The van der Waals surface area contributed by atoms with Crippen LogP contribution in [0.1, 0.15) is 21.7 Å². The molecule has 0 spiro atoms. The van der Waals surface area contributed by atoms with Gasteiger partial charge in [0.1, 0.15) is 12.1 Å². The van der Waals surface area contributed by atoms with Crippen molar-refractivity contribution in [2.45, 2.75) is 13.5 Å². The molecular formula is C17H15FN4O. The Hall–Kier alpha value is -3.02. The van der Waals surface area contributed by atoms with Crippen LogP contribution in [0.2, 0.25) is 0 Å². The number of aromatic nitrogens is 3. The molecule has 116 valence electrons. The predicted molar refractivity (Wildman–Crippen MR) is 83.7 cm³/mol. The van der Waals surface area contributed by atoms with E-state index in [1.807, 2.05) is 31.2 Å². The standard InChI is InChI=1S/C17H15FN4O/c1-12-4-2-3-5-15(12)22-11-20-16(21-22)17(23)19-10-13-6-8-14(18)9-7-13/h2-9,11H,10H2,1H3,(H,19,23). The average Bonchev–Trinajstić information content (AvgIpc) is 3.04. The van der Waals surface area contributed by atoms with Gasteiger partial charge in [0.2, 0.25) is 5.82 Å². The summed E-state index contributed by atoms with van der Waals surface area (Å²) in [5, 5.41) is 6.92. The van der Waals surface area contributed by atoms with E-state index in [4.69, 9.17) is 0 Å². The molecule has 23 heavy (non-hydrogen) atoms. The fourth-order valence-corrected chi connectivity index (χ4v) is 2.17. The molecule has 6 heteroatoms. The Labute approximate surface area is 132 Å². The van der Waals surface area contributed by atoms with Crippen LogP contribution in [0.25, 0.3) is 5.69 Å². The molecule has 0 radical (unpaired) electrons. The largest absolute Gasteiger partial charge is 0.345 e. The molecule has 1 N–H and O–H groups in total. The second-order valence-corrected chi connectivity index (χ2v) is 5.11. The molecule has 0 unspecified atom stereocenters. The van der Waals surface area contributed by atoms with Gasteiger partial charge in [0, 0.05) is 6.54 Å². The second kappa shape index (κ2) is 6.39. The first-order valence-electron chi connectivity index (χ1n) is 7.14. The Bertz CT molecular complexity index is 827. The smallest absolute Gasteiger partial charge is 0.291 e. The molecule has 2 aromatic carbocycles. The number of nitrogens with zero attached hydrogens (tertiary/aromatic N) is 3. The Morgan fingerprint density at radius 3 is 2.65 bits per heavy atom. The van der Waals surface area contributed by atoms with Crippen molar-refractivity contribution in [2.75, 3.05) is 0 Å². The summed E-state index contributed by atoms with van der Waals surface area (Å²) in [5.74, 6) is -0.587. The van der Waals surface area contributed by atoms with Crippen LogP contribution in [0.15, 0.2) is 54.9 Å². The number of carbonyl (C=O) groups is 1. The number of benzene rings is 2. The van der Waals surface area contributed by atoms with E-state index < -0.39 is 0 Å². The minimum absolute atomic E-state index is 0.0929. The van der Waals surface area contributed by atoms with Gasteiger partial charge in [-0.05, 0) is 36.2 Å². The fourth-order valence-electron chi connectivity index (χ4n) is 2.17. The molecule has 0 saturated carbocycles. The average molecular weight is 310 g/mol. The van der Waals surface area contributed by atoms with Crippen LogP contribution in [0.3, 0.4) is 0 Å². The molecule has 5 nitrogen and oxygen atoms in total. The van der Waals surface area contributed by atoms with E-state index >= 15 is 0 Å². The van der Waals surface area contributed by atoms with Crippen LogP contribution in [-0.2, 0) is 6.54 Å². The highest BCUT2D eigenvalue weighted by Crippen LogP contribution is 2.11. The van der Waals surface area contributed by atoms with Gasteiger partial charge in [-0.3, -0.25) is 4.79 Å². The first-order chi connectivity index (χ1) is 11.1. The van der Waals surface area contributed by atoms with E-state index in [1.165, 1.54) is 18.5 Å². The SMILES string of the molecule is Cc1ccccc1-n1cnc(C(=O)NCc2ccc(F)cc2)n1. The van der Waals surface area contributed by atoms with E-state index in [9.17, 15) is 9.18 Å². The number of amides is 1. The van der Waals surface area contributed by atoms with E-state index in [2.05, 4.69) is 15.4 Å². The zero-order valence-electron chi connectivity index (χ0n) is 12.5. The van der Waals surface area contributed by atoms with Gasteiger partial charge in [0.25, 0.3) is 5.91 Å². The lowest BCUT2D eigenvalue weighted by Gasteiger charge is -2.04. The van der Waals surface area contributed by atoms with Gasteiger partial charge < -0.3 is 5.32 Å². The normalized spacial score (nSPS) is 10.5. The molecule has 0 aliphatic carbocycles. The van der Waals surface area contributed by atoms with Gasteiger partial charge in [-0.15, -0.1) is 5.10 Å². The number of rotatable bonds is 4. The van der Waals surface area contributed by atoms with Crippen molar-refractivity contribution < 1.29 is 9.18 Å². The number of aryl methyl sites for hydroxylation is 1. The van der Waals surface area contributed by atoms with Crippen molar-refractivity contribution in [1.82, 2.24) is 20.1 Å². The summed E-state index contributed by atoms with van der Waals surface area (Å²) in [6.45, 7) is 2.25. The third kappa shape index (κ3) is 3.42. The summed E-state index contributed by atoms with van der Waals surface area (Å²) in [7, 11) is 0. The zero-order valence-corrected chi connectivity index (χ0v) is 12.5. The summed E-state index contributed by atoms with van der Waals surface area (Å²) < 4.78 is 14.4. The Morgan fingerprint density at radius 2 is 1.91 bits per heavy atom. The van der Waals surface area contributed by atoms with Crippen molar-refractivity contribution >= 4 is 5.91 Å². The van der Waals surface area contributed by atoms with E-state index in [0.717, 1.165) is 16.8 Å². The van der Waals surface area contributed by atoms with Crippen molar-refractivity contribution in [3.8, 4) is 5.69 Å². The minimum Gasteiger partial charge on any atom is -0.345 e. The molecule has 0 fully saturated rings. The lowest BCUT2D eigenvalue weighted by atomic mass is 10.2. The number of para-hydroxylation sites is 1. The van der Waals surface area contributed by atoms with E-state index in [1.54, 1.807) is 16.8 Å². The van der Waals surface area contributed by atoms with Crippen molar-refractivity contribution in [3.63, 3.8) is 0 Å². The molecule has 0 aliphatic heterocycles. The zero-order chi connectivity index (χ0) is 16.2. The van der Waals surface area contributed by atoms with Crippen LogP contribution in [0.5, 0.6) is 0 Å². The predicted octanol–water partition coefficient (Wildman–Crippen LogP) is 2.64. The van der Waals surface area contributed by atoms with Gasteiger partial charge in [0.15, 0.2) is 0 Å². The van der Waals surface area contributed by atoms with Crippen LogP contribution in [-0.4, -0.2) is 20.7 Å². The summed E-state index contributed by atoms with van der Waals surface area (Å²) in [6.07, 6.45) is 1.51. The Morgan fingerprint density at radius 1 is 1.17 bits per heavy atom. The van der Waals surface area contributed by atoms with Gasteiger partial charge in [-0.25, -0.2) is 14.1 Å². The summed E-state index contributed by atoms with van der Waals surface area (Å²) in [4.78, 5) is 16.1. The molecule has 1 heterocycles. The lowest BCUT2D eigenvalue weighted by Crippen LogP contribution is -2.24. The molecular weight excluding hydrogens is 295 g/mol. The van der Waals surface area contributed by atoms with Gasteiger partial charge in [-0.2, -0.15) is 0 Å². The topological polar surface area (TPSA) is 59.8 Å². The van der Waals surface area contributed by atoms with Crippen LogP contribution in [0.4, 0.5) is 4.39 Å². The number of carbonyl (C=O) groups excluding carboxylic acids is 1. The van der Waals surface area contributed by atoms with Crippen molar-refractivity contribution in [3.05, 3.63) is 77.6 Å². The fraction of sp³-hybridized carbons (Fsp3) is 0.118. The molecule has 3 rings (SSSR count). The second-order valence-electron chi connectivity index (χ2n) is 5.11. The molecule has 1 aromatic heterocycles. The lowest BCUT2D eigenvalue weighted by molar-refractivity contribution is 0.0940. The van der Waals surface area contributed by atoms with Crippen molar-refractivity contribution in [2.24, 2.45) is 0 Å².